The van der Waals surface area contributed by atoms with E-state index in [9.17, 15) is 4.79 Å². The Bertz CT molecular complexity index is 785. The van der Waals surface area contributed by atoms with Crippen molar-refractivity contribution in [3.05, 3.63) is 23.6 Å². The molecule has 140 valence electrons. The van der Waals surface area contributed by atoms with Crippen molar-refractivity contribution in [1.29, 1.82) is 0 Å². The van der Waals surface area contributed by atoms with E-state index in [2.05, 4.69) is 32.3 Å². The van der Waals surface area contributed by atoms with Crippen molar-refractivity contribution in [2.75, 3.05) is 13.1 Å². The average Bonchev–Trinajstić information content (AvgIpc) is 3.32. The van der Waals surface area contributed by atoms with Crippen LogP contribution in [-0.2, 0) is 0 Å². The van der Waals surface area contributed by atoms with Gasteiger partial charge in [-0.25, -0.2) is 4.68 Å². The van der Waals surface area contributed by atoms with Crippen LogP contribution in [0.3, 0.4) is 0 Å². The summed E-state index contributed by atoms with van der Waals surface area (Å²) in [6.45, 7) is 9.35. The Hall–Kier alpha value is -2.29. The van der Waals surface area contributed by atoms with E-state index in [0.29, 0.717) is 42.6 Å². The van der Waals surface area contributed by atoms with Gasteiger partial charge < -0.3 is 9.42 Å². The lowest BCUT2D eigenvalue weighted by molar-refractivity contribution is 0.0233. The number of aromatic nitrogens is 5. The third kappa shape index (κ3) is 2.90. The average molecular weight is 359 g/mol. The lowest BCUT2D eigenvalue weighted by atomic mass is 10.1. The van der Waals surface area contributed by atoms with E-state index in [1.807, 2.05) is 25.7 Å². The number of hydrogen-bond acceptors (Lipinski definition) is 7. The summed E-state index contributed by atoms with van der Waals surface area (Å²) in [5.74, 6) is 1.27. The van der Waals surface area contributed by atoms with Crippen LogP contribution in [0, 0.1) is 6.92 Å². The van der Waals surface area contributed by atoms with Gasteiger partial charge in [0.25, 0.3) is 5.91 Å². The first kappa shape index (κ1) is 17.1. The van der Waals surface area contributed by atoms with Gasteiger partial charge >= 0.3 is 0 Å². The molecule has 0 spiro atoms. The third-order valence-corrected chi connectivity index (χ3v) is 5.43. The van der Waals surface area contributed by atoms with Crippen molar-refractivity contribution in [1.82, 2.24) is 34.9 Å². The summed E-state index contributed by atoms with van der Waals surface area (Å²) in [5.41, 5.74) is 0.423. The molecule has 0 radical (unpaired) electrons. The first-order valence-corrected chi connectivity index (χ1v) is 9.22. The van der Waals surface area contributed by atoms with Gasteiger partial charge in [-0.3, -0.25) is 9.69 Å². The fourth-order valence-corrected chi connectivity index (χ4v) is 4.13. The molecule has 9 nitrogen and oxygen atoms in total. The maximum Gasteiger partial charge on any atom is 0.276 e. The Balaban J connectivity index is 1.48. The van der Waals surface area contributed by atoms with Gasteiger partial charge in [0.15, 0.2) is 11.5 Å². The number of likely N-dealkylation sites (tertiary alicyclic amines) is 1. The minimum Gasteiger partial charge on any atom is -0.338 e. The molecule has 0 saturated carbocycles. The number of piperazine rings is 1. The highest BCUT2D eigenvalue weighted by atomic mass is 16.5. The smallest absolute Gasteiger partial charge is 0.276 e. The molecule has 0 N–H and O–H groups in total. The quantitative estimate of drug-likeness (QED) is 0.818. The van der Waals surface area contributed by atoms with E-state index in [4.69, 9.17) is 4.52 Å². The van der Waals surface area contributed by atoms with Gasteiger partial charge in [-0.15, -0.1) is 5.10 Å². The van der Waals surface area contributed by atoms with Crippen molar-refractivity contribution < 1.29 is 9.32 Å². The summed E-state index contributed by atoms with van der Waals surface area (Å²) in [4.78, 5) is 21.6. The SMILES string of the molecule is Cc1noc(C(C)N2C3CCC2CN(C(=O)c2cn(C(C)C)nn2)C3)n1. The molecule has 2 aromatic heterocycles. The molecule has 3 unspecified atom stereocenters. The van der Waals surface area contributed by atoms with Crippen LogP contribution in [0.15, 0.2) is 10.7 Å². The Labute approximate surface area is 152 Å². The summed E-state index contributed by atoms with van der Waals surface area (Å²) in [6.07, 6.45) is 3.89. The Morgan fingerprint density at radius 3 is 2.46 bits per heavy atom. The molecule has 2 aliphatic heterocycles. The Morgan fingerprint density at radius 2 is 1.92 bits per heavy atom. The minimum absolute atomic E-state index is 0.0327. The molecule has 3 atom stereocenters. The standard InChI is InChI=1S/C17H25N7O2/c1-10(2)23-9-15(19-21-23)17(25)22-7-13-5-6-14(8-22)24(13)11(3)16-18-12(4)20-26-16/h9-11,13-14H,5-8H2,1-4H3. The molecule has 2 saturated heterocycles. The van der Waals surface area contributed by atoms with Gasteiger partial charge in [-0.2, -0.15) is 4.98 Å². The number of hydrogen-bond donors (Lipinski definition) is 0. The molecule has 1 amide bonds. The predicted octanol–water partition coefficient (Wildman–Crippen LogP) is 1.60. The van der Waals surface area contributed by atoms with E-state index in [0.717, 1.165) is 12.8 Å². The maximum atomic E-state index is 12.9. The number of carbonyl (C=O) groups is 1. The van der Waals surface area contributed by atoms with Gasteiger partial charge in [0.1, 0.15) is 0 Å². The van der Waals surface area contributed by atoms with E-state index in [1.54, 1.807) is 10.9 Å². The highest BCUT2D eigenvalue weighted by Crippen LogP contribution is 2.37. The number of aryl methyl sites for hydroxylation is 1. The molecule has 0 aliphatic carbocycles. The van der Waals surface area contributed by atoms with Gasteiger partial charge in [0.2, 0.25) is 5.89 Å². The molecule has 0 aromatic carbocycles. The van der Waals surface area contributed by atoms with Gasteiger partial charge in [0, 0.05) is 31.2 Å². The van der Waals surface area contributed by atoms with Gasteiger partial charge in [-0.05, 0) is 40.5 Å². The fraction of sp³-hybridized carbons (Fsp3) is 0.706. The first-order valence-electron chi connectivity index (χ1n) is 9.22. The minimum atomic E-state index is -0.0327. The van der Waals surface area contributed by atoms with Crippen LogP contribution < -0.4 is 0 Å². The molecular formula is C17H25N7O2. The number of fused-ring (bicyclic) bond motifs is 2. The van der Waals surface area contributed by atoms with E-state index >= 15 is 0 Å². The van der Waals surface area contributed by atoms with Crippen LogP contribution in [0.4, 0.5) is 0 Å². The summed E-state index contributed by atoms with van der Waals surface area (Å²) in [5, 5.41) is 12.0. The van der Waals surface area contributed by atoms with Crippen LogP contribution in [0.2, 0.25) is 0 Å². The summed E-state index contributed by atoms with van der Waals surface area (Å²) in [7, 11) is 0. The number of carbonyl (C=O) groups excluding carboxylic acids is 1. The molecular weight excluding hydrogens is 334 g/mol. The van der Waals surface area contributed by atoms with E-state index < -0.39 is 0 Å². The van der Waals surface area contributed by atoms with Gasteiger partial charge in [0.05, 0.1) is 12.2 Å². The molecule has 2 aromatic rings. The van der Waals surface area contributed by atoms with Crippen LogP contribution in [-0.4, -0.2) is 66.0 Å². The molecule has 26 heavy (non-hydrogen) atoms. The van der Waals surface area contributed by atoms with Crippen LogP contribution in [0.25, 0.3) is 0 Å². The lowest BCUT2D eigenvalue weighted by Gasteiger charge is -2.42. The zero-order valence-electron chi connectivity index (χ0n) is 15.7. The zero-order chi connectivity index (χ0) is 18.4. The largest absolute Gasteiger partial charge is 0.338 e. The lowest BCUT2D eigenvalue weighted by Crippen LogP contribution is -2.55. The van der Waals surface area contributed by atoms with E-state index in [-0.39, 0.29) is 18.0 Å². The van der Waals surface area contributed by atoms with Crippen molar-refractivity contribution >= 4 is 5.91 Å². The fourth-order valence-electron chi connectivity index (χ4n) is 4.13. The molecule has 2 aliphatic rings. The second-order valence-corrected chi connectivity index (χ2v) is 7.58. The molecule has 4 heterocycles. The van der Waals surface area contributed by atoms with E-state index in [1.165, 1.54) is 0 Å². The van der Waals surface area contributed by atoms with Crippen molar-refractivity contribution in [2.45, 2.75) is 64.7 Å². The normalized spacial score (nSPS) is 24.4. The predicted molar refractivity (Wildman–Crippen MR) is 92.4 cm³/mol. The first-order chi connectivity index (χ1) is 12.4. The molecule has 2 bridgehead atoms. The third-order valence-electron chi connectivity index (χ3n) is 5.43. The zero-order valence-corrected chi connectivity index (χ0v) is 15.7. The summed E-state index contributed by atoms with van der Waals surface area (Å²) >= 11 is 0. The summed E-state index contributed by atoms with van der Waals surface area (Å²) in [6, 6.07) is 0.864. The highest BCUT2D eigenvalue weighted by molar-refractivity contribution is 5.92. The maximum absolute atomic E-state index is 12.9. The second kappa shape index (κ2) is 6.46. The number of rotatable bonds is 4. The Morgan fingerprint density at radius 1 is 1.23 bits per heavy atom. The molecule has 4 rings (SSSR count). The van der Waals surface area contributed by atoms with Crippen molar-refractivity contribution in [3.8, 4) is 0 Å². The molecule has 9 heteroatoms. The summed E-state index contributed by atoms with van der Waals surface area (Å²) < 4.78 is 7.09. The number of nitrogens with zero attached hydrogens (tertiary/aromatic N) is 7. The van der Waals surface area contributed by atoms with Crippen LogP contribution in [0.1, 0.15) is 67.9 Å². The molecule has 2 fully saturated rings. The van der Waals surface area contributed by atoms with Crippen molar-refractivity contribution in [2.24, 2.45) is 0 Å². The monoisotopic (exact) mass is 359 g/mol. The van der Waals surface area contributed by atoms with Crippen LogP contribution >= 0.6 is 0 Å². The number of amides is 1. The van der Waals surface area contributed by atoms with Crippen LogP contribution in [0.5, 0.6) is 0 Å². The Kier molecular flexibility index (Phi) is 4.26. The van der Waals surface area contributed by atoms with Gasteiger partial charge in [-0.1, -0.05) is 10.4 Å². The highest BCUT2D eigenvalue weighted by Gasteiger charge is 2.45. The second-order valence-electron chi connectivity index (χ2n) is 7.58. The topological polar surface area (TPSA) is 93.2 Å². The van der Waals surface area contributed by atoms with Crippen molar-refractivity contribution in [3.63, 3.8) is 0 Å².